The molecule has 0 N–H and O–H groups in total. The molecule has 1 amide bonds. The van der Waals surface area contributed by atoms with E-state index in [-0.39, 0.29) is 18.1 Å². The number of nitrogens with zero attached hydrogens (tertiary/aromatic N) is 2. The fraction of sp³-hybridized carbons (Fsp3) is 0.647. The summed E-state index contributed by atoms with van der Waals surface area (Å²) in [6.45, 7) is 0.727. The van der Waals surface area contributed by atoms with Crippen LogP contribution in [0.1, 0.15) is 38.5 Å². The number of pyridine rings is 1. The highest BCUT2D eigenvalue weighted by molar-refractivity contribution is 5.82. The van der Waals surface area contributed by atoms with Crippen molar-refractivity contribution in [1.29, 1.82) is 0 Å². The molecule has 0 radical (unpaired) electrons. The van der Waals surface area contributed by atoms with Crippen molar-refractivity contribution in [3.05, 3.63) is 24.4 Å². The summed E-state index contributed by atoms with van der Waals surface area (Å²) in [5.41, 5.74) is 0. The molecule has 3 saturated heterocycles. The number of carbonyl (C=O) groups excluding carboxylic acids is 1. The van der Waals surface area contributed by atoms with E-state index in [2.05, 4.69) is 9.88 Å². The number of aromatic nitrogens is 1. The third kappa shape index (κ3) is 2.58. The van der Waals surface area contributed by atoms with Gasteiger partial charge in [-0.2, -0.15) is 0 Å². The Bertz CT molecular complexity index is 516. The van der Waals surface area contributed by atoms with Crippen LogP contribution in [0.4, 0.5) is 0 Å². The van der Waals surface area contributed by atoms with Crippen LogP contribution in [0.25, 0.3) is 0 Å². The fourth-order valence-electron chi connectivity index (χ4n) is 4.11. The lowest BCUT2D eigenvalue weighted by Gasteiger charge is -2.39. The molecule has 0 saturated carbocycles. The number of rotatable bonds is 3. The van der Waals surface area contributed by atoms with Gasteiger partial charge in [0.1, 0.15) is 12.2 Å². The fourth-order valence-corrected chi connectivity index (χ4v) is 4.11. The average molecular weight is 302 g/mol. The Balaban J connectivity index is 1.42. The minimum Gasteiger partial charge on any atom is -0.474 e. The smallest absolute Gasteiger partial charge is 0.252 e. The van der Waals surface area contributed by atoms with Crippen LogP contribution in [0.5, 0.6) is 5.88 Å². The van der Waals surface area contributed by atoms with Gasteiger partial charge in [-0.15, -0.1) is 0 Å². The molecule has 3 unspecified atom stereocenters. The lowest BCUT2D eigenvalue weighted by Crippen LogP contribution is -2.52. The van der Waals surface area contributed by atoms with Crippen LogP contribution >= 0.6 is 0 Å². The van der Waals surface area contributed by atoms with Crippen molar-refractivity contribution < 1.29 is 14.3 Å². The largest absolute Gasteiger partial charge is 0.474 e. The van der Waals surface area contributed by atoms with E-state index in [9.17, 15) is 4.79 Å². The number of amides is 1. The van der Waals surface area contributed by atoms with Crippen LogP contribution in [0.15, 0.2) is 24.4 Å². The van der Waals surface area contributed by atoms with E-state index in [0.29, 0.717) is 18.0 Å². The topological polar surface area (TPSA) is 51.7 Å². The Labute approximate surface area is 130 Å². The molecule has 4 rings (SSSR count). The molecular formula is C17H22N2O3. The Morgan fingerprint density at radius 3 is 2.68 bits per heavy atom. The average Bonchev–Trinajstić information content (AvgIpc) is 3.15. The van der Waals surface area contributed by atoms with E-state index in [0.717, 1.165) is 45.1 Å². The van der Waals surface area contributed by atoms with Gasteiger partial charge in [-0.1, -0.05) is 6.07 Å². The third-order valence-corrected chi connectivity index (χ3v) is 5.07. The highest BCUT2D eigenvalue weighted by atomic mass is 16.5. The van der Waals surface area contributed by atoms with Gasteiger partial charge in [-0.25, -0.2) is 4.98 Å². The summed E-state index contributed by atoms with van der Waals surface area (Å²) in [4.78, 5) is 19.0. The summed E-state index contributed by atoms with van der Waals surface area (Å²) in [5, 5.41) is 0. The first-order valence-corrected chi connectivity index (χ1v) is 8.33. The number of ether oxygens (including phenoxy) is 2. The lowest BCUT2D eigenvalue weighted by molar-refractivity contribution is -0.147. The molecule has 3 aliphatic rings. The van der Waals surface area contributed by atoms with Crippen molar-refractivity contribution in [3.8, 4) is 5.88 Å². The van der Waals surface area contributed by atoms with Crippen LogP contribution in [-0.4, -0.2) is 46.7 Å². The molecule has 22 heavy (non-hydrogen) atoms. The summed E-state index contributed by atoms with van der Waals surface area (Å²) in [7, 11) is 0. The standard InChI is InChI=1S/C17H22N2O3/c20-17(15-4-3-9-21-15)19-12-6-7-13(19)11-14(10-12)22-16-5-1-2-8-18-16/h1-2,5,8,12-15H,3-4,6-7,9-11H2. The second-order valence-corrected chi connectivity index (χ2v) is 6.51. The first-order chi connectivity index (χ1) is 10.8. The second kappa shape index (κ2) is 5.88. The van der Waals surface area contributed by atoms with E-state index >= 15 is 0 Å². The van der Waals surface area contributed by atoms with E-state index in [1.165, 1.54) is 0 Å². The van der Waals surface area contributed by atoms with Crippen molar-refractivity contribution >= 4 is 5.91 Å². The molecule has 4 heterocycles. The summed E-state index contributed by atoms with van der Waals surface area (Å²) in [6, 6.07) is 6.34. The summed E-state index contributed by atoms with van der Waals surface area (Å²) >= 11 is 0. The first-order valence-electron chi connectivity index (χ1n) is 8.33. The van der Waals surface area contributed by atoms with Gasteiger partial charge < -0.3 is 14.4 Å². The molecule has 5 nitrogen and oxygen atoms in total. The van der Waals surface area contributed by atoms with Crippen molar-refractivity contribution in [2.75, 3.05) is 6.61 Å². The maximum Gasteiger partial charge on any atom is 0.252 e. The van der Waals surface area contributed by atoms with Crippen LogP contribution in [0.2, 0.25) is 0 Å². The number of hydrogen-bond donors (Lipinski definition) is 0. The minimum absolute atomic E-state index is 0.168. The monoisotopic (exact) mass is 302 g/mol. The van der Waals surface area contributed by atoms with Gasteiger partial charge in [0.15, 0.2) is 0 Å². The van der Waals surface area contributed by atoms with Crippen LogP contribution in [0, 0.1) is 0 Å². The Morgan fingerprint density at radius 2 is 2.05 bits per heavy atom. The van der Waals surface area contributed by atoms with Gasteiger partial charge in [-0.3, -0.25) is 4.79 Å². The molecular weight excluding hydrogens is 280 g/mol. The Hall–Kier alpha value is -1.62. The van der Waals surface area contributed by atoms with Crippen molar-refractivity contribution in [2.45, 2.75) is 62.8 Å². The lowest BCUT2D eigenvalue weighted by atomic mass is 9.98. The van der Waals surface area contributed by atoms with E-state index in [1.54, 1.807) is 6.20 Å². The predicted octanol–water partition coefficient (Wildman–Crippen LogP) is 2.16. The highest BCUT2D eigenvalue weighted by Gasteiger charge is 2.46. The zero-order valence-electron chi connectivity index (χ0n) is 12.7. The van der Waals surface area contributed by atoms with Gasteiger partial charge in [0.05, 0.1) is 0 Å². The van der Waals surface area contributed by atoms with E-state index < -0.39 is 0 Å². The van der Waals surface area contributed by atoms with E-state index in [4.69, 9.17) is 9.47 Å². The molecule has 0 aromatic carbocycles. The zero-order valence-corrected chi connectivity index (χ0v) is 12.7. The normalized spacial score (nSPS) is 33.9. The van der Waals surface area contributed by atoms with E-state index in [1.807, 2.05) is 18.2 Å². The maximum atomic E-state index is 12.7. The summed E-state index contributed by atoms with van der Waals surface area (Å²) in [5.74, 6) is 0.895. The van der Waals surface area contributed by atoms with Gasteiger partial charge in [0.2, 0.25) is 5.88 Å². The van der Waals surface area contributed by atoms with Gasteiger partial charge >= 0.3 is 0 Å². The van der Waals surface area contributed by atoms with Gasteiger partial charge in [-0.05, 0) is 31.7 Å². The number of carbonyl (C=O) groups is 1. The molecule has 5 heteroatoms. The van der Waals surface area contributed by atoms with Crippen LogP contribution in [-0.2, 0) is 9.53 Å². The van der Waals surface area contributed by atoms with Crippen molar-refractivity contribution in [1.82, 2.24) is 9.88 Å². The predicted molar refractivity (Wildman–Crippen MR) is 80.5 cm³/mol. The first kappa shape index (κ1) is 14.0. The third-order valence-electron chi connectivity index (χ3n) is 5.07. The molecule has 3 atom stereocenters. The Morgan fingerprint density at radius 1 is 1.23 bits per heavy atom. The maximum absolute atomic E-state index is 12.7. The van der Waals surface area contributed by atoms with Crippen molar-refractivity contribution in [2.24, 2.45) is 0 Å². The molecule has 3 aliphatic heterocycles. The molecule has 118 valence electrons. The minimum atomic E-state index is -0.198. The molecule has 2 bridgehead atoms. The molecule has 0 aliphatic carbocycles. The highest BCUT2D eigenvalue weighted by Crippen LogP contribution is 2.38. The molecule has 0 spiro atoms. The molecule has 1 aromatic heterocycles. The molecule has 1 aromatic rings. The SMILES string of the molecule is O=C(C1CCCO1)N1C2CCC1CC(Oc1ccccn1)C2. The van der Waals surface area contributed by atoms with Crippen molar-refractivity contribution in [3.63, 3.8) is 0 Å². The van der Waals surface area contributed by atoms with Crippen LogP contribution in [0.3, 0.4) is 0 Å². The summed E-state index contributed by atoms with van der Waals surface area (Å²) < 4.78 is 11.6. The second-order valence-electron chi connectivity index (χ2n) is 6.51. The quantitative estimate of drug-likeness (QED) is 0.858. The molecule has 3 fully saturated rings. The van der Waals surface area contributed by atoms with Gasteiger partial charge in [0.25, 0.3) is 5.91 Å². The zero-order chi connectivity index (χ0) is 14.9. The van der Waals surface area contributed by atoms with Crippen LogP contribution < -0.4 is 4.74 Å². The van der Waals surface area contributed by atoms with Gasteiger partial charge in [0, 0.05) is 43.8 Å². The Kier molecular flexibility index (Phi) is 3.74. The number of piperidine rings is 1. The summed E-state index contributed by atoms with van der Waals surface area (Å²) in [6.07, 6.45) is 7.60. The number of hydrogen-bond acceptors (Lipinski definition) is 4. The number of fused-ring (bicyclic) bond motifs is 2.